The van der Waals surface area contributed by atoms with Crippen molar-refractivity contribution in [2.24, 2.45) is 0 Å². The summed E-state index contributed by atoms with van der Waals surface area (Å²) in [5, 5.41) is 0. The molecule has 6 heteroatoms. The first-order valence-corrected chi connectivity index (χ1v) is 11.3. The van der Waals surface area contributed by atoms with Gasteiger partial charge in [0.05, 0.1) is 39.0 Å². The lowest BCUT2D eigenvalue weighted by Crippen LogP contribution is -2.04. The first kappa shape index (κ1) is 24.0. The van der Waals surface area contributed by atoms with Crippen molar-refractivity contribution < 1.29 is 23.7 Å². The van der Waals surface area contributed by atoms with Crippen LogP contribution in [0.3, 0.4) is 0 Å². The molecule has 0 atom stereocenters. The predicted octanol–water partition coefficient (Wildman–Crippen LogP) is 5.86. The fourth-order valence-corrected chi connectivity index (χ4v) is 4.01. The molecule has 5 nitrogen and oxygen atoms in total. The van der Waals surface area contributed by atoms with Gasteiger partial charge < -0.3 is 23.7 Å². The molecule has 32 heavy (non-hydrogen) atoms. The standard InChI is InChI=1S/C26H29BrO5/c1-28-23-12-10-21(25(27)26(23)30-3)14-16-31-15-13-19-9-11-22(24(17-19)29-2)32-18-20-7-5-4-6-8-20/h4-12,17H,13-16,18H2,1-3H3. The summed E-state index contributed by atoms with van der Waals surface area (Å²) < 4.78 is 29.0. The van der Waals surface area contributed by atoms with Gasteiger partial charge in [-0.1, -0.05) is 42.5 Å². The molecule has 3 aromatic carbocycles. The molecule has 0 fully saturated rings. The van der Waals surface area contributed by atoms with Crippen LogP contribution in [0.2, 0.25) is 0 Å². The fraction of sp³-hybridized carbons (Fsp3) is 0.308. The molecule has 0 saturated carbocycles. The lowest BCUT2D eigenvalue weighted by Gasteiger charge is -2.14. The molecule has 0 N–H and O–H groups in total. The number of rotatable bonds is 12. The topological polar surface area (TPSA) is 46.2 Å². The molecule has 0 spiro atoms. The van der Waals surface area contributed by atoms with Crippen LogP contribution in [-0.4, -0.2) is 34.5 Å². The van der Waals surface area contributed by atoms with E-state index in [1.165, 1.54) is 0 Å². The fourth-order valence-electron chi connectivity index (χ4n) is 3.32. The molecule has 3 rings (SSSR count). The summed E-state index contributed by atoms with van der Waals surface area (Å²) in [6, 6.07) is 20.0. The monoisotopic (exact) mass is 500 g/mol. The van der Waals surface area contributed by atoms with Crippen molar-refractivity contribution in [3.63, 3.8) is 0 Å². The summed E-state index contributed by atoms with van der Waals surface area (Å²) in [5.74, 6) is 2.87. The summed E-state index contributed by atoms with van der Waals surface area (Å²) >= 11 is 3.60. The van der Waals surface area contributed by atoms with Crippen molar-refractivity contribution in [1.29, 1.82) is 0 Å². The van der Waals surface area contributed by atoms with Crippen LogP contribution in [0.5, 0.6) is 23.0 Å². The maximum absolute atomic E-state index is 5.93. The van der Waals surface area contributed by atoms with E-state index in [4.69, 9.17) is 23.7 Å². The van der Waals surface area contributed by atoms with Gasteiger partial charge in [0.1, 0.15) is 6.61 Å². The van der Waals surface area contributed by atoms with Crippen LogP contribution in [0, 0.1) is 0 Å². The van der Waals surface area contributed by atoms with Gasteiger partial charge in [0.25, 0.3) is 0 Å². The number of methoxy groups -OCH3 is 3. The largest absolute Gasteiger partial charge is 0.493 e. The molecule has 0 saturated heterocycles. The van der Waals surface area contributed by atoms with Gasteiger partial charge in [-0.05, 0) is 63.7 Å². The first-order valence-electron chi connectivity index (χ1n) is 10.5. The second-order valence-electron chi connectivity index (χ2n) is 7.15. The Balaban J connectivity index is 1.48. The number of benzene rings is 3. The molecule has 0 radical (unpaired) electrons. The van der Waals surface area contributed by atoms with E-state index >= 15 is 0 Å². The minimum atomic E-state index is 0.505. The summed E-state index contributed by atoms with van der Waals surface area (Å²) in [5.41, 5.74) is 3.37. The van der Waals surface area contributed by atoms with E-state index in [0.29, 0.717) is 31.3 Å². The third-order valence-electron chi connectivity index (χ3n) is 5.08. The maximum Gasteiger partial charge on any atom is 0.175 e. The van der Waals surface area contributed by atoms with Crippen LogP contribution in [0.15, 0.2) is 65.1 Å². The molecule has 0 bridgehead atoms. The van der Waals surface area contributed by atoms with E-state index in [-0.39, 0.29) is 0 Å². The second kappa shape index (κ2) is 12.4. The van der Waals surface area contributed by atoms with Gasteiger partial charge in [0.2, 0.25) is 0 Å². The molecule has 170 valence electrons. The second-order valence-corrected chi connectivity index (χ2v) is 7.94. The highest BCUT2D eigenvalue weighted by molar-refractivity contribution is 9.10. The summed E-state index contributed by atoms with van der Waals surface area (Å²) in [6.07, 6.45) is 1.57. The average Bonchev–Trinajstić information content (AvgIpc) is 2.84. The van der Waals surface area contributed by atoms with Crippen molar-refractivity contribution in [2.45, 2.75) is 19.4 Å². The first-order chi connectivity index (χ1) is 15.7. The molecule has 0 amide bonds. The molecule has 0 heterocycles. The van der Waals surface area contributed by atoms with Crippen molar-refractivity contribution in [2.75, 3.05) is 34.5 Å². The van der Waals surface area contributed by atoms with Crippen LogP contribution in [0.1, 0.15) is 16.7 Å². The number of hydrogen-bond acceptors (Lipinski definition) is 5. The quantitative estimate of drug-likeness (QED) is 0.291. The summed E-state index contributed by atoms with van der Waals surface area (Å²) in [7, 11) is 4.92. The minimum absolute atomic E-state index is 0.505. The Bertz CT molecular complexity index is 991. The Hall–Kier alpha value is -2.70. The molecule has 3 aromatic rings. The highest BCUT2D eigenvalue weighted by Crippen LogP contribution is 2.37. The van der Waals surface area contributed by atoms with Crippen molar-refractivity contribution in [3.05, 3.63) is 81.8 Å². The molecule has 0 aliphatic rings. The third-order valence-corrected chi connectivity index (χ3v) is 5.95. The Morgan fingerprint density at radius 2 is 1.41 bits per heavy atom. The lowest BCUT2D eigenvalue weighted by molar-refractivity contribution is 0.140. The predicted molar refractivity (Wildman–Crippen MR) is 129 cm³/mol. The summed E-state index contributed by atoms with van der Waals surface area (Å²) in [4.78, 5) is 0. The lowest BCUT2D eigenvalue weighted by atomic mass is 10.1. The zero-order valence-electron chi connectivity index (χ0n) is 18.7. The van der Waals surface area contributed by atoms with E-state index < -0.39 is 0 Å². The molecular formula is C26H29BrO5. The SMILES string of the molecule is COc1cc(CCOCCc2ccc(OC)c(OC)c2Br)ccc1OCc1ccccc1. The minimum Gasteiger partial charge on any atom is -0.493 e. The molecular weight excluding hydrogens is 472 g/mol. The number of ether oxygens (including phenoxy) is 5. The zero-order chi connectivity index (χ0) is 22.8. The van der Waals surface area contributed by atoms with Crippen LogP contribution < -0.4 is 18.9 Å². The van der Waals surface area contributed by atoms with Crippen LogP contribution in [0.4, 0.5) is 0 Å². The van der Waals surface area contributed by atoms with Gasteiger partial charge >= 0.3 is 0 Å². The zero-order valence-corrected chi connectivity index (χ0v) is 20.3. The average molecular weight is 501 g/mol. The van der Waals surface area contributed by atoms with Gasteiger partial charge in [-0.3, -0.25) is 0 Å². The third kappa shape index (κ3) is 6.40. The smallest absolute Gasteiger partial charge is 0.175 e. The Morgan fingerprint density at radius 1 is 0.688 bits per heavy atom. The van der Waals surface area contributed by atoms with Crippen LogP contribution in [0.25, 0.3) is 0 Å². The Kier molecular flexibility index (Phi) is 9.26. The molecule has 0 unspecified atom stereocenters. The highest BCUT2D eigenvalue weighted by Gasteiger charge is 2.12. The van der Waals surface area contributed by atoms with Gasteiger partial charge in [-0.2, -0.15) is 0 Å². The summed E-state index contributed by atoms with van der Waals surface area (Å²) in [6.45, 7) is 1.74. The Morgan fingerprint density at radius 3 is 2.12 bits per heavy atom. The van der Waals surface area contributed by atoms with E-state index in [1.807, 2.05) is 54.6 Å². The van der Waals surface area contributed by atoms with Crippen molar-refractivity contribution in [1.82, 2.24) is 0 Å². The normalized spacial score (nSPS) is 10.6. The van der Waals surface area contributed by atoms with Gasteiger partial charge in [-0.25, -0.2) is 0 Å². The van der Waals surface area contributed by atoms with E-state index in [0.717, 1.165) is 45.5 Å². The van der Waals surface area contributed by atoms with Crippen LogP contribution >= 0.6 is 15.9 Å². The number of hydrogen-bond donors (Lipinski definition) is 0. The highest BCUT2D eigenvalue weighted by atomic mass is 79.9. The van der Waals surface area contributed by atoms with E-state index in [9.17, 15) is 0 Å². The maximum atomic E-state index is 5.93. The molecule has 0 aliphatic carbocycles. The van der Waals surface area contributed by atoms with E-state index in [1.54, 1.807) is 21.3 Å². The van der Waals surface area contributed by atoms with Gasteiger partial charge in [-0.15, -0.1) is 0 Å². The molecule has 0 aliphatic heterocycles. The molecule has 0 aromatic heterocycles. The number of halogens is 1. The van der Waals surface area contributed by atoms with Gasteiger partial charge in [0, 0.05) is 0 Å². The van der Waals surface area contributed by atoms with Crippen LogP contribution in [-0.2, 0) is 24.2 Å². The van der Waals surface area contributed by atoms with Gasteiger partial charge in [0.15, 0.2) is 23.0 Å². The van der Waals surface area contributed by atoms with Crippen molar-refractivity contribution >= 4 is 15.9 Å². The van der Waals surface area contributed by atoms with E-state index in [2.05, 4.69) is 22.0 Å². The van der Waals surface area contributed by atoms with Crippen molar-refractivity contribution in [3.8, 4) is 23.0 Å². The Labute approximate surface area is 198 Å².